The summed E-state index contributed by atoms with van der Waals surface area (Å²) in [6.07, 6.45) is 3.22. The highest BCUT2D eigenvalue weighted by Crippen LogP contribution is 2.43. The molecule has 1 aliphatic carbocycles. The Bertz CT molecular complexity index is 461. The second-order valence-corrected chi connectivity index (χ2v) is 5.08. The molecule has 18 heavy (non-hydrogen) atoms. The van der Waals surface area contributed by atoms with E-state index in [1.54, 1.807) is 0 Å². The highest BCUT2D eigenvalue weighted by atomic mass is 79.9. The summed E-state index contributed by atoms with van der Waals surface area (Å²) >= 11 is 3.52. The van der Waals surface area contributed by atoms with Crippen molar-refractivity contribution >= 4 is 27.7 Å². The van der Waals surface area contributed by atoms with Gasteiger partial charge < -0.3 is 10.1 Å². The molecule has 0 radical (unpaired) electrons. The SMILES string of the molecule is CCCNc1nc(C(=O)OC)nc(C2CC2)c1Br. The molecule has 1 heterocycles. The monoisotopic (exact) mass is 313 g/mol. The van der Waals surface area contributed by atoms with Crippen molar-refractivity contribution in [2.45, 2.75) is 32.1 Å². The van der Waals surface area contributed by atoms with E-state index in [4.69, 9.17) is 0 Å². The molecule has 1 fully saturated rings. The van der Waals surface area contributed by atoms with Crippen LogP contribution in [0.15, 0.2) is 4.47 Å². The van der Waals surface area contributed by atoms with Gasteiger partial charge in [0, 0.05) is 12.5 Å². The lowest BCUT2D eigenvalue weighted by molar-refractivity contribution is 0.0586. The zero-order valence-corrected chi connectivity index (χ0v) is 12.1. The Morgan fingerprint density at radius 2 is 2.22 bits per heavy atom. The second kappa shape index (κ2) is 5.65. The first-order chi connectivity index (χ1) is 8.67. The standard InChI is InChI=1S/C12H16BrN3O2/c1-3-6-14-10-8(13)9(7-4-5-7)15-11(16-10)12(17)18-2/h7H,3-6H2,1-2H3,(H,14,15,16). The van der Waals surface area contributed by atoms with E-state index in [1.165, 1.54) is 7.11 Å². The van der Waals surface area contributed by atoms with Crippen molar-refractivity contribution in [2.75, 3.05) is 19.0 Å². The predicted molar refractivity (Wildman–Crippen MR) is 71.8 cm³/mol. The van der Waals surface area contributed by atoms with Gasteiger partial charge in [0.15, 0.2) is 0 Å². The molecule has 98 valence electrons. The van der Waals surface area contributed by atoms with Crippen LogP contribution in [-0.2, 0) is 4.74 Å². The lowest BCUT2D eigenvalue weighted by atomic mass is 10.2. The lowest BCUT2D eigenvalue weighted by Crippen LogP contribution is -2.13. The number of nitrogens with zero attached hydrogens (tertiary/aromatic N) is 2. The van der Waals surface area contributed by atoms with Gasteiger partial charge >= 0.3 is 5.97 Å². The van der Waals surface area contributed by atoms with Crippen LogP contribution in [0, 0.1) is 0 Å². The minimum absolute atomic E-state index is 0.126. The van der Waals surface area contributed by atoms with E-state index in [-0.39, 0.29) is 5.82 Å². The van der Waals surface area contributed by atoms with Crippen LogP contribution < -0.4 is 5.32 Å². The highest BCUT2D eigenvalue weighted by Gasteiger charge is 2.30. The number of carbonyl (C=O) groups is 1. The average Bonchev–Trinajstić information content (AvgIpc) is 3.21. The Kier molecular flexibility index (Phi) is 4.16. The maximum absolute atomic E-state index is 11.6. The fourth-order valence-corrected chi connectivity index (χ4v) is 2.28. The van der Waals surface area contributed by atoms with Gasteiger partial charge in [-0.2, -0.15) is 0 Å². The van der Waals surface area contributed by atoms with Crippen molar-refractivity contribution in [1.29, 1.82) is 0 Å². The molecule has 0 bridgehead atoms. The molecule has 0 saturated heterocycles. The molecule has 0 amide bonds. The summed E-state index contributed by atoms with van der Waals surface area (Å²) in [6.45, 7) is 2.88. The number of methoxy groups -OCH3 is 1. The van der Waals surface area contributed by atoms with Gasteiger partial charge in [-0.25, -0.2) is 14.8 Å². The summed E-state index contributed by atoms with van der Waals surface area (Å²) in [5, 5.41) is 3.20. The van der Waals surface area contributed by atoms with Gasteiger partial charge in [-0.1, -0.05) is 6.92 Å². The molecule has 1 saturated carbocycles. The van der Waals surface area contributed by atoms with E-state index in [0.29, 0.717) is 11.7 Å². The number of anilines is 1. The van der Waals surface area contributed by atoms with Crippen molar-refractivity contribution in [3.05, 3.63) is 16.0 Å². The van der Waals surface area contributed by atoms with Crippen LogP contribution in [0.5, 0.6) is 0 Å². The number of aromatic nitrogens is 2. The molecule has 5 nitrogen and oxygen atoms in total. The first-order valence-electron chi connectivity index (χ1n) is 6.07. The summed E-state index contributed by atoms with van der Waals surface area (Å²) < 4.78 is 5.55. The highest BCUT2D eigenvalue weighted by molar-refractivity contribution is 9.10. The third-order valence-corrected chi connectivity index (χ3v) is 3.53. The zero-order valence-electron chi connectivity index (χ0n) is 10.5. The van der Waals surface area contributed by atoms with E-state index in [2.05, 4.69) is 42.9 Å². The Morgan fingerprint density at radius 1 is 1.50 bits per heavy atom. The molecular formula is C12H16BrN3O2. The lowest BCUT2D eigenvalue weighted by Gasteiger charge is -2.11. The van der Waals surface area contributed by atoms with Gasteiger partial charge in [-0.3, -0.25) is 0 Å². The normalized spacial score (nSPS) is 14.4. The first-order valence-corrected chi connectivity index (χ1v) is 6.86. The fraction of sp³-hybridized carbons (Fsp3) is 0.583. The minimum atomic E-state index is -0.496. The number of ether oxygens (including phenoxy) is 1. The molecule has 1 aromatic rings. The van der Waals surface area contributed by atoms with E-state index in [1.807, 2.05) is 0 Å². The van der Waals surface area contributed by atoms with Crippen molar-refractivity contribution in [3.8, 4) is 0 Å². The van der Waals surface area contributed by atoms with Crippen LogP contribution in [0.2, 0.25) is 0 Å². The van der Waals surface area contributed by atoms with Crippen molar-refractivity contribution in [3.63, 3.8) is 0 Å². The zero-order chi connectivity index (χ0) is 13.1. The Labute approximate surface area is 114 Å². The average molecular weight is 314 g/mol. The minimum Gasteiger partial charge on any atom is -0.463 e. The summed E-state index contributed by atoms with van der Waals surface area (Å²) in [5.74, 6) is 0.743. The summed E-state index contributed by atoms with van der Waals surface area (Å²) in [7, 11) is 1.34. The van der Waals surface area contributed by atoms with Crippen LogP contribution >= 0.6 is 15.9 Å². The van der Waals surface area contributed by atoms with Crippen LogP contribution in [0.25, 0.3) is 0 Å². The Morgan fingerprint density at radius 3 is 2.78 bits per heavy atom. The van der Waals surface area contributed by atoms with Gasteiger partial charge in [0.05, 0.1) is 17.3 Å². The van der Waals surface area contributed by atoms with E-state index in [9.17, 15) is 4.79 Å². The molecule has 0 unspecified atom stereocenters. The van der Waals surface area contributed by atoms with Crippen molar-refractivity contribution in [1.82, 2.24) is 9.97 Å². The summed E-state index contributed by atoms with van der Waals surface area (Å²) in [6, 6.07) is 0. The maximum atomic E-state index is 11.6. The molecule has 1 aliphatic rings. The van der Waals surface area contributed by atoms with Crippen LogP contribution in [0.4, 0.5) is 5.82 Å². The number of halogens is 1. The number of carbonyl (C=O) groups excluding carboxylic acids is 1. The van der Waals surface area contributed by atoms with Gasteiger partial charge in [0.25, 0.3) is 0 Å². The molecule has 0 spiro atoms. The number of rotatable bonds is 5. The maximum Gasteiger partial charge on any atom is 0.376 e. The number of hydrogen-bond acceptors (Lipinski definition) is 5. The molecule has 2 rings (SSSR count). The molecular weight excluding hydrogens is 298 g/mol. The second-order valence-electron chi connectivity index (χ2n) is 4.29. The van der Waals surface area contributed by atoms with Gasteiger partial charge in [0.1, 0.15) is 5.82 Å². The topological polar surface area (TPSA) is 64.1 Å². The molecule has 0 atom stereocenters. The molecule has 0 aromatic carbocycles. The van der Waals surface area contributed by atoms with Gasteiger partial charge in [-0.15, -0.1) is 0 Å². The largest absolute Gasteiger partial charge is 0.463 e. The van der Waals surface area contributed by atoms with E-state index < -0.39 is 5.97 Å². The Hall–Kier alpha value is -1.17. The molecule has 0 aliphatic heterocycles. The first kappa shape index (κ1) is 13.3. The number of nitrogens with one attached hydrogen (secondary N) is 1. The summed E-state index contributed by atoms with van der Waals surface area (Å²) in [5.41, 5.74) is 0.906. The van der Waals surface area contributed by atoms with E-state index >= 15 is 0 Å². The third kappa shape index (κ3) is 2.80. The predicted octanol–water partition coefficient (Wildman–Crippen LogP) is 2.73. The summed E-state index contributed by atoms with van der Waals surface area (Å²) in [4.78, 5) is 20.1. The van der Waals surface area contributed by atoms with Gasteiger partial charge in [-0.05, 0) is 35.2 Å². The van der Waals surface area contributed by atoms with E-state index in [0.717, 1.165) is 36.0 Å². The smallest absolute Gasteiger partial charge is 0.376 e. The van der Waals surface area contributed by atoms with Crippen LogP contribution in [0.1, 0.15) is 48.4 Å². The third-order valence-electron chi connectivity index (χ3n) is 2.75. The van der Waals surface area contributed by atoms with Gasteiger partial charge in [0.2, 0.25) is 5.82 Å². The van der Waals surface area contributed by atoms with Crippen molar-refractivity contribution < 1.29 is 9.53 Å². The van der Waals surface area contributed by atoms with Crippen molar-refractivity contribution in [2.24, 2.45) is 0 Å². The Balaban J connectivity index is 2.37. The fourth-order valence-electron chi connectivity index (χ4n) is 1.63. The molecule has 6 heteroatoms. The molecule has 1 aromatic heterocycles. The quantitative estimate of drug-likeness (QED) is 0.847. The van der Waals surface area contributed by atoms with Crippen LogP contribution in [-0.4, -0.2) is 29.6 Å². The number of esters is 1. The molecule has 1 N–H and O–H groups in total. The van der Waals surface area contributed by atoms with Crippen LogP contribution in [0.3, 0.4) is 0 Å². The number of hydrogen-bond donors (Lipinski definition) is 1.